The van der Waals surface area contributed by atoms with Gasteiger partial charge in [0.2, 0.25) is 5.78 Å². The summed E-state index contributed by atoms with van der Waals surface area (Å²) in [6.07, 6.45) is 0. The molecule has 15 heteroatoms. The number of thiocarbonyl (C=S) groups is 1. The Morgan fingerprint density at radius 3 is 1.89 bits per heavy atom. The normalized spacial score (nSPS) is 10.3. The van der Waals surface area contributed by atoms with Crippen LogP contribution < -0.4 is 5.73 Å². The minimum Gasteiger partial charge on any atom is -0.454 e. The number of carbonyl (C=O) groups excluding carboxylic acids is 1. The molecule has 0 bridgehead atoms. The summed E-state index contributed by atoms with van der Waals surface area (Å²) < 4.78 is 14.0. The lowest BCUT2D eigenvalue weighted by Gasteiger charge is -2.00. The van der Waals surface area contributed by atoms with E-state index in [0.29, 0.717) is 42.3 Å². The molecule has 282 valence electrons. The predicted molar refractivity (Wildman–Crippen MR) is 249 cm³/mol. The number of nitrogens with zero attached hydrogens (tertiary/aromatic N) is 2. The monoisotopic (exact) mass is 1090 g/mol. The zero-order valence-electron chi connectivity index (χ0n) is 28.4. The summed E-state index contributed by atoms with van der Waals surface area (Å²) in [5.41, 5.74) is 10.00. The summed E-state index contributed by atoms with van der Waals surface area (Å²) in [6.45, 7) is 0. The molecule has 8 rings (SSSR count). The second-order valence-electron chi connectivity index (χ2n) is 11.2. The van der Waals surface area contributed by atoms with E-state index < -0.39 is 0 Å². The van der Waals surface area contributed by atoms with Crippen LogP contribution in [0.25, 0.3) is 44.0 Å². The molecule has 5 aromatic carbocycles. The van der Waals surface area contributed by atoms with Crippen LogP contribution in [-0.2, 0) is 0 Å². The number of benzene rings is 5. The van der Waals surface area contributed by atoms with E-state index in [4.69, 9.17) is 66.9 Å². The summed E-state index contributed by atoms with van der Waals surface area (Å²) in [4.78, 5) is 16.2. The number of para-hydroxylation sites is 2. The summed E-state index contributed by atoms with van der Waals surface area (Å²) in [5.74, 6) is 1.16. The molecule has 6 nitrogen and oxygen atoms in total. The van der Waals surface area contributed by atoms with Crippen LogP contribution in [0.2, 0.25) is 15.1 Å². The first-order valence-electron chi connectivity index (χ1n) is 15.9. The summed E-state index contributed by atoms with van der Waals surface area (Å²) in [6, 6.07) is 37.6. The van der Waals surface area contributed by atoms with E-state index in [1.165, 1.54) is 0 Å². The van der Waals surface area contributed by atoms with Gasteiger partial charge in [-0.15, -0.1) is 11.3 Å². The predicted octanol–water partition coefficient (Wildman–Crippen LogP) is 15.4. The Morgan fingerprint density at radius 1 is 0.768 bits per heavy atom. The van der Waals surface area contributed by atoms with Gasteiger partial charge in [0.05, 0.1) is 26.0 Å². The van der Waals surface area contributed by atoms with Crippen LogP contribution in [0, 0.1) is 11.3 Å². The van der Waals surface area contributed by atoms with Gasteiger partial charge in [0.25, 0.3) is 0 Å². The van der Waals surface area contributed by atoms with Crippen LogP contribution in [-0.4, -0.2) is 21.1 Å². The maximum absolute atomic E-state index is 11.2. The second-order valence-corrected chi connectivity index (χ2v) is 17.1. The number of alkyl halides is 1. The SMILES string of the molecule is Clc1cc(Br)ccc1-c1nc(-c2cc3ccccc3o2)cs1.N#Cc1ccc(Br)cc1Cl.NC(=S)c1ccc(Br)cc1Cl.O=C(CBr)c1cc2ccccc2o1. The summed E-state index contributed by atoms with van der Waals surface area (Å²) in [7, 11) is 0. The molecule has 3 heterocycles. The third-order valence-electron chi connectivity index (χ3n) is 7.41. The second kappa shape index (κ2) is 20.9. The number of Topliss-reactive ketones (excluding diaryl/α,β-unsaturated/α-hetero) is 1. The van der Waals surface area contributed by atoms with Crippen molar-refractivity contribution >= 4 is 155 Å². The zero-order valence-corrected chi connectivity index (χ0v) is 38.7. The first-order valence-corrected chi connectivity index (χ1v) is 21.9. The minimum atomic E-state index is -0.0313. The maximum atomic E-state index is 11.2. The molecular formula is C41H24Br4Cl3N3O3S2. The Hall–Kier alpha value is -3.35. The molecule has 0 amide bonds. The van der Waals surface area contributed by atoms with Crippen molar-refractivity contribution in [1.29, 1.82) is 5.26 Å². The van der Waals surface area contributed by atoms with Crippen molar-refractivity contribution in [2.24, 2.45) is 5.73 Å². The van der Waals surface area contributed by atoms with E-state index in [1.807, 2.05) is 90.3 Å². The van der Waals surface area contributed by atoms with Crippen LogP contribution in [0.3, 0.4) is 0 Å². The molecule has 0 aliphatic rings. The number of nitriles is 1. The minimum absolute atomic E-state index is 0.0313. The van der Waals surface area contributed by atoms with Crippen molar-refractivity contribution in [1.82, 2.24) is 4.98 Å². The topological polar surface area (TPSA) is 106 Å². The lowest BCUT2D eigenvalue weighted by atomic mass is 10.2. The summed E-state index contributed by atoms with van der Waals surface area (Å²) in [5, 5.41) is 15.4. The van der Waals surface area contributed by atoms with Gasteiger partial charge in [-0.2, -0.15) is 5.26 Å². The van der Waals surface area contributed by atoms with Gasteiger partial charge in [-0.1, -0.05) is 147 Å². The number of aromatic nitrogens is 1. The van der Waals surface area contributed by atoms with Gasteiger partial charge in [-0.3, -0.25) is 4.79 Å². The van der Waals surface area contributed by atoms with Crippen LogP contribution in [0.4, 0.5) is 0 Å². The fraction of sp³-hybridized carbons (Fsp3) is 0.0244. The molecule has 0 unspecified atom stereocenters. The Morgan fingerprint density at radius 2 is 1.34 bits per heavy atom. The number of fused-ring (bicyclic) bond motifs is 2. The van der Waals surface area contributed by atoms with Crippen LogP contribution in [0.1, 0.15) is 21.7 Å². The van der Waals surface area contributed by atoms with Gasteiger partial charge in [0.1, 0.15) is 32.9 Å². The maximum Gasteiger partial charge on any atom is 0.208 e. The third-order valence-corrected chi connectivity index (χ3v) is 11.4. The number of hydrogen-bond donors (Lipinski definition) is 1. The number of thiazole rings is 1. The zero-order chi connectivity index (χ0) is 40.4. The van der Waals surface area contributed by atoms with Gasteiger partial charge in [-0.05, 0) is 78.9 Å². The average molecular weight is 1100 g/mol. The quantitative estimate of drug-likeness (QED) is 0.104. The number of halogens is 7. The third kappa shape index (κ3) is 11.8. The van der Waals surface area contributed by atoms with Crippen molar-refractivity contribution < 1.29 is 13.6 Å². The molecule has 0 aliphatic carbocycles. The highest BCUT2D eigenvalue weighted by molar-refractivity contribution is 9.11. The highest BCUT2D eigenvalue weighted by Crippen LogP contribution is 2.36. The number of ketones is 1. The number of hydrogen-bond acceptors (Lipinski definition) is 7. The van der Waals surface area contributed by atoms with Crippen LogP contribution in [0.5, 0.6) is 0 Å². The molecule has 0 atom stereocenters. The standard InChI is InChI=1S/C17H9BrClNOS.C10H7BrO2.C7H5BrClNS.C7H3BrClN/c18-11-5-6-12(13(19)8-11)17-20-14(9-22-17)16-7-10-3-1-2-4-15(10)21-16;11-6-8(12)10-5-7-3-1-2-4-9(7)13-10;8-4-1-2-5(7(10)11)6(9)3-4;8-6-2-1-5(4-10)7(9)3-6/h1-9H;1-5H,6H2;1-3H,(H2,10,11);1-3H. The molecule has 8 aromatic rings. The average Bonchev–Trinajstić information content (AvgIpc) is 3.94. The Kier molecular flexibility index (Phi) is 16.3. The van der Waals surface area contributed by atoms with Crippen LogP contribution >= 0.6 is 122 Å². The molecule has 0 fully saturated rings. The molecule has 56 heavy (non-hydrogen) atoms. The Balaban J connectivity index is 0.000000152. The largest absolute Gasteiger partial charge is 0.454 e. The van der Waals surface area contributed by atoms with Gasteiger partial charge >= 0.3 is 0 Å². The van der Waals surface area contributed by atoms with Crippen LogP contribution in [0.15, 0.2) is 143 Å². The first kappa shape index (κ1) is 43.8. The van der Waals surface area contributed by atoms with Gasteiger partial charge in [0, 0.05) is 40.7 Å². The van der Waals surface area contributed by atoms with Crippen molar-refractivity contribution in [3.63, 3.8) is 0 Å². The van der Waals surface area contributed by atoms with Gasteiger partial charge < -0.3 is 14.6 Å². The Bertz CT molecular complexity index is 2640. The number of furan rings is 2. The van der Waals surface area contributed by atoms with Crippen molar-refractivity contribution in [3.8, 4) is 28.1 Å². The van der Waals surface area contributed by atoms with Gasteiger partial charge in [0.15, 0.2) is 11.5 Å². The van der Waals surface area contributed by atoms with E-state index in [2.05, 4.69) is 68.7 Å². The smallest absolute Gasteiger partial charge is 0.208 e. The lowest BCUT2D eigenvalue weighted by Crippen LogP contribution is -2.09. The van der Waals surface area contributed by atoms with E-state index in [0.717, 1.165) is 57.4 Å². The van der Waals surface area contributed by atoms with Gasteiger partial charge in [-0.25, -0.2) is 4.98 Å². The Labute approximate surface area is 380 Å². The molecule has 2 N–H and O–H groups in total. The first-order chi connectivity index (χ1) is 26.9. The van der Waals surface area contributed by atoms with Crippen molar-refractivity contribution in [2.75, 3.05) is 5.33 Å². The fourth-order valence-electron chi connectivity index (χ4n) is 4.74. The molecule has 0 radical (unpaired) electrons. The molecular weight excluding hydrogens is 1070 g/mol. The number of rotatable bonds is 5. The lowest BCUT2D eigenvalue weighted by molar-refractivity contribution is 0.0995. The van der Waals surface area contributed by atoms with Crippen molar-refractivity contribution in [3.05, 3.63) is 166 Å². The molecule has 0 aliphatic heterocycles. The molecule has 3 aromatic heterocycles. The molecule has 0 saturated heterocycles. The van der Waals surface area contributed by atoms with E-state index in [9.17, 15) is 4.79 Å². The fourth-order valence-corrected chi connectivity index (χ4v) is 8.40. The number of nitrogens with two attached hydrogens (primary N) is 1. The van der Waals surface area contributed by atoms with E-state index >= 15 is 0 Å². The van der Waals surface area contributed by atoms with E-state index in [-0.39, 0.29) is 5.78 Å². The summed E-state index contributed by atoms with van der Waals surface area (Å²) >= 11 is 37.1. The molecule has 0 spiro atoms. The highest BCUT2D eigenvalue weighted by atomic mass is 79.9. The highest BCUT2D eigenvalue weighted by Gasteiger charge is 2.13. The van der Waals surface area contributed by atoms with E-state index in [1.54, 1.807) is 47.7 Å². The van der Waals surface area contributed by atoms with Crippen molar-refractivity contribution in [2.45, 2.75) is 0 Å². The molecule has 0 saturated carbocycles. The number of carbonyl (C=O) groups is 1.